The van der Waals surface area contributed by atoms with Crippen molar-refractivity contribution in [3.8, 4) is 11.8 Å². The van der Waals surface area contributed by atoms with E-state index in [9.17, 15) is 9.59 Å². The van der Waals surface area contributed by atoms with E-state index >= 15 is 0 Å². The predicted molar refractivity (Wildman–Crippen MR) is 136 cm³/mol. The van der Waals surface area contributed by atoms with Gasteiger partial charge in [0.05, 0.1) is 21.9 Å². The molecule has 2 aromatic heterocycles. The van der Waals surface area contributed by atoms with Crippen LogP contribution in [0.5, 0.6) is 5.75 Å². The molecule has 5 rings (SSSR count). The van der Waals surface area contributed by atoms with Gasteiger partial charge in [0.1, 0.15) is 23.0 Å². The SMILES string of the molecule is Cc1c(C(=O)Nc2cccc(OCc3cccc(C#N)c3)c2)sc2nc3n(c(=O)c12)CCCCC3. The van der Waals surface area contributed by atoms with Gasteiger partial charge < -0.3 is 10.1 Å². The molecule has 2 aromatic carbocycles. The van der Waals surface area contributed by atoms with Crippen LogP contribution in [0.1, 0.15) is 51.4 Å². The maximum Gasteiger partial charge on any atom is 0.266 e. The van der Waals surface area contributed by atoms with Crippen molar-refractivity contribution in [2.24, 2.45) is 0 Å². The minimum Gasteiger partial charge on any atom is -0.489 e. The number of aryl methyl sites for hydroxylation is 2. The Bertz CT molecular complexity index is 1530. The first-order valence-corrected chi connectivity index (χ1v) is 12.4. The maximum absolute atomic E-state index is 13.2. The maximum atomic E-state index is 13.2. The molecule has 8 heteroatoms. The summed E-state index contributed by atoms with van der Waals surface area (Å²) in [5.41, 5.74) is 2.68. The van der Waals surface area contributed by atoms with E-state index in [0.29, 0.717) is 50.8 Å². The summed E-state index contributed by atoms with van der Waals surface area (Å²) in [5, 5.41) is 12.5. The molecule has 1 aliphatic heterocycles. The Morgan fingerprint density at radius 1 is 1.20 bits per heavy atom. The summed E-state index contributed by atoms with van der Waals surface area (Å²) in [4.78, 5) is 32.2. The zero-order chi connectivity index (χ0) is 24.4. The largest absolute Gasteiger partial charge is 0.489 e. The second-order valence-corrected chi connectivity index (χ2v) is 9.61. The van der Waals surface area contributed by atoms with E-state index in [1.165, 1.54) is 11.3 Å². The van der Waals surface area contributed by atoms with Crippen molar-refractivity contribution in [1.29, 1.82) is 5.26 Å². The first kappa shape index (κ1) is 22.8. The number of carbonyl (C=O) groups is 1. The van der Waals surface area contributed by atoms with Gasteiger partial charge >= 0.3 is 0 Å². The molecule has 0 bridgehead atoms. The molecular formula is C27H24N4O3S. The van der Waals surface area contributed by atoms with Gasteiger partial charge in [-0.2, -0.15) is 5.26 Å². The molecule has 0 unspecified atom stereocenters. The monoisotopic (exact) mass is 484 g/mol. The van der Waals surface area contributed by atoms with Gasteiger partial charge in [0, 0.05) is 24.7 Å². The van der Waals surface area contributed by atoms with Crippen molar-refractivity contribution < 1.29 is 9.53 Å². The third kappa shape index (κ3) is 4.68. The van der Waals surface area contributed by atoms with Gasteiger partial charge in [-0.25, -0.2) is 4.98 Å². The van der Waals surface area contributed by atoms with Gasteiger partial charge in [0.15, 0.2) is 0 Å². The van der Waals surface area contributed by atoms with Crippen LogP contribution < -0.4 is 15.6 Å². The summed E-state index contributed by atoms with van der Waals surface area (Å²) in [6.45, 7) is 2.81. The highest BCUT2D eigenvalue weighted by molar-refractivity contribution is 7.20. The van der Waals surface area contributed by atoms with Gasteiger partial charge in [0.25, 0.3) is 11.5 Å². The molecule has 3 heterocycles. The zero-order valence-electron chi connectivity index (χ0n) is 19.3. The van der Waals surface area contributed by atoms with Crippen LogP contribution >= 0.6 is 11.3 Å². The van der Waals surface area contributed by atoms with Crippen molar-refractivity contribution >= 4 is 33.1 Å². The molecule has 1 amide bonds. The van der Waals surface area contributed by atoms with Gasteiger partial charge in [-0.05, 0) is 55.2 Å². The Hall–Kier alpha value is -3.96. The number of thiophene rings is 1. The first-order chi connectivity index (χ1) is 17.0. The van der Waals surface area contributed by atoms with Crippen molar-refractivity contribution in [2.45, 2.75) is 45.8 Å². The number of benzene rings is 2. The fourth-order valence-corrected chi connectivity index (χ4v) is 5.46. The highest BCUT2D eigenvalue weighted by Crippen LogP contribution is 2.29. The van der Waals surface area contributed by atoms with Gasteiger partial charge in [-0.3, -0.25) is 14.2 Å². The van der Waals surface area contributed by atoms with E-state index in [4.69, 9.17) is 15.0 Å². The third-order valence-electron chi connectivity index (χ3n) is 6.17. The number of aromatic nitrogens is 2. The summed E-state index contributed by atoms with van der Waals surface area (Å²) in [6, 6.07) is 16.5. The number of amides is 1. The highest BCUT2D eigenvalue weighted by atomic mass is 32.1. The van der Waals surface area contributed by atoms with Gasteiger partial charge in [-0.15, -0.1) is 11.3 Å². The molecule has 35 heavy (non-hydrogen) atoms. The molecule has 176 valence electrons. The molecular weight excluding hydrogens is 460 g/mol. The minimum absolute atomic E-state index is 0.0458. The fourth-order valence-electron chi connectivity index (χ4n) is 4.38. The quantitative estimate of drug-likeness (QED) is 0.420. The van der Waals surface area contributed by atoms with E-state index in [0.717, 1.165) is 37.1 Å². The Labute approximate surface area is 206 Å². The molecule has 0 spiro atoms. The lowest BCUT2D eigenvalue weighted by Gasteiger charge is -2.09. The van der Waals surface area contributed by atoms with Gasteiger partial charge in [0.2, 0.25) is 0 Å². The minimum atomic E-state index is -0.274. The third-order valence-corrected chi connectivity index (χ3v) is 7.36. The average molecular weight is 485 g/mol. The number of rotatable bonds is 5. The van der Waals surface area contributed by atoms with E-state index in [2.05, 4.69) is 11.4 Å². The normalized spacial score (nSPS) is 13.0. The molecule has 0 radical (unpaired) electrons. The van der Waals surface area contributed by atoms with Crippen LogP contribution in [0, 0.1) is 18.3 Å². The number of fused-ring (bicyclic) bond motifs is 2. The van der Waals surface area contributed by atoms with Crippen LogP contribution in [0.2, 0.25) is 0 Å². The Morgan fingerprint density at radius 3 is 2.91 bits per heavy atom. The Kier molecular flexibility index (Phi) is 6.34. The number of nitrogens with zero attached hydrogens (tertiary/aromatic N) is 3. The molecule has 7 nitrogen and oxygen atoms in total. The number of hydrogen-bond donors (Lipinski definition) is 1. The van der Waals surface area contributed by atoms with Crippen LogP contribution in [0.25, 0.3) is 10.2 Å². The number of ether oxygens (including phenoxy) is 1. The van der Waals surface area contributed by atoms with Crippen LogP contribution in [0.15, 0.2) is 53.3 Å². The molecule has 1 N–H and O–H groups in total. The smallest absolute Gasteiger partial charge is 0.266 e. The van der Waals surface area contributed by atoms with Crippen LogP contribution in [-0.2, 0) is 19.6 Å². The average Bonchev–Trinajstić information content (AvgIpc) is 3.03. The number of nitrogens with one attached hydrogen (secondary N) is 1. The lowest BCUT2D eigenvalue weighted by Crippen LogP contribution is -2.24. The molecule has 4 aromatic rings. The van der Waals surface area contributed by atoms with Gasteiger partial charge in [-0.1, -0.05) is 24.6 Å². The van der Waals surface area contributed by atoms with Crippen LogP contribution in [0.3, 0.4) is 0 Å². The van der Waals surface area contributed by atoms with Crippen LogP contribution in [-0.4, -0.2) is 15.5 Å². The molecule has 0 fully saturated rings. The van der Waals surface area contributed by atoms with E-state index in [1.54, 1.807) is 34.9 Å². The molecule has 0 saturated carbocycles. The van der Waals surface area contributed by atoms with Crippen LogP contribution in [0.4, 0.5) is 5.69 Å². The second-order valence-electron chi connectivity index (χ2n) is 8.61. The summed E-state index contributed by atoms with van der Waals surface area (Å²) in [6.07, 6.45) is 3.88. The number of anilines is 1. The predicted octanol–water partition coefficient (Wildman–Crippen LogP) is 5.20. The number of carbonyl (C=O) groups excluding carboxylic acids is 1. The summed E-state index contributed by atoms with van der Waals surface area (Å²) >= 11 is 1.27. The van der Waals surface area contributed by atoms with Crippen molar-refractivity contribution in [2.75, 3.05) is 5.32 Å². The standard InChI is InChI=1S/C27H24N4O3S/c1-17-23-26(30-22-11-3-2-4-12-31(22)27(23)33)35-24(17)25(32)29-20-9-6-10-21(14-20)34-16-19-8-5-7-18(13-19)15-28/h5-10,13-14H,2-4,11-12,16H2,1H3,(H,29,32). The summed E-state index contributed by atoms with van der Waals surface area (Å²) in [7, 11) is 0. The number of nitriles is 1. The fraction of sp³-hybridized carbons (Fsp3) is 0.259. The van der Waals surface area contributed by atoms with E-state index < -0.39 is 0 Å². The summed E-state index contributed by atoms with van der Waals surface area (Å²) < 4.78 is 7.64. The van der Waals surface area contributed by atoms with E-state index in [-0.39, 0.29) is 11.5 Å². The lowest BCUT2D eigenvalue weighted by molar-refractivity contribution is 0.103. The van der Waals surface area contributed by atoms with Crippen molar-refractivity contribution in [3.05, 3.63) is 86.3 Å². The van der Waals surface area contributed by atoms with E-state index in [1.807, 2.05) is 25.1 Å². The molecule has 0 saturated heterocycles. The second kappa shape index (κ2) is 9.72. The van der Waals surface area contributed by atoms with Crippen molar-refractivity contribution in [1.82, 2.24) is 9.55 Å². The summed E-state index contributed by atoms with van der Waals surface area (Å²) in [5.74, 6) is 1.14. The molecule has 1 aliphatic rings. The molecule has 0 aliphatic carbocycles. The molecule has 0 atom stereocenters. The topological polar surface area (TPSA) is 97.0 Å². The number of hydrogen-bond acceptors (Lipinski definition) is 6. The van der Waals surface area contributed by atoms with Crippen molar-refractivity contribution in [3.63, 3.8) is 0 Å². The highest BCUT2D eigenvalue weighted by Gasteiger charge is 2.22. The Balaban J connectivity index is 1.35. The zero-order valence-corrected chi connectivity index (χ0v) is 20.2. The lowest BCUT2D eigenvalue weighted by atomic mass is 10.1. The Morgan fingerprint density at radius 2 is 2.06 bits per heavy atom. The first-order valence-electron chi connectivity index (χ1n) is 11.6.